The van der Waals surface area contributed by atoms with Crippen LogP contribution in [0.3, 0.4) is 0 Å². The van der Waals surface area contributed by atoms with Gasteiger partial charge in [0, 0.05) is 0 Å². The van der Waals surface area contributed by atoms with E-state index in [1.165, 1.54) is 18.3 Å². The van der Waals surface area contributed by atoms with Gasteiger partial charge in [0.15, 0.2) is 0 Å². The fraction of sp³-hybridized carbons (Fsp3) is 0.143. The number of rotatable bonds is 3. The molecule has 0 saturated heterocycles. The highest BCUT2D eigenvalue weighted by atomic mass is 32.2. The molecular weight excluding hydrogens is 206 g/mol. The highest BCUT2D eigenvalue weighted by molar-refractivity contribution is 7.92. The van der Waals surface area contributed by atoms with Crippen LogP contribution in [-0.4, -0.2) is 26.1 Å². The molecule has 0 aliphatic rings. The predicted octanol–water partition coefficient (Wildman–Crippen LogP) is -0.414. The third kappa shape index (κ3) is 2.19. The summed E-state index contributed by atoms with van der Waals surface area (Å²) in [7, 11) is -3.60. The van der Waals surface area contributed by atoms with Crippen LogP contribution in [0.1, 0.15) is 0 Å². The van der Waals surface area contributed by atoms with Gasteiger partial charge in [-0.2, -0.15) is 0 Å². The summed E-state index contributed by atoms with van der Waals surface area (Å²) < 4.78 is 22.7. The maximum atomic E-state index is 11.1. The Morgan fingerprint density at radius 3 is 2.50 bits per heavy atom. The summed E-state index contributed by atoms with van der Waals surface area (Å²) in [5, 5.41) is 0. The molecule has 6 nitrogen and oxygen atoms in total. The van der Waals surface area contributed by atoms with E-state index < -0.39 is 10.0 Å². The van der Waals surface area contributed by atoms with Crippen LogP contribution in [0.4, 0.5) is 11.5 Å². The average Bonchev–Trinajstić information content (AvgIpc) is 2.07. The lowest BCUT2D eigenvalue weighted by Gasteiger charge is -2.13. The molecule has 0 atom stereocenters. The first-order valence-corrected chi connectivity index (χ1v) is 5.46. The Balaban J connectivity index is 3.15. The Morgan fingerprint density at radius 2 is 2.14 bits per heavy atom. The summed E-state index contributed by atoms with van der Waals surface area (Å²) in [6.45, 7) is 0. The van der Waals surface area contributed by atoms with Gasteiger partial charge in [-0.25, -0.2) is 17.7 Å². The van der Waals surface area contributed by atoms with Gasteiger partial charge in [0.05, 0.1) is 18.1 Å². The second-order valence-corrected chi connectivity index (χ2v) is 4.46. The van der Waals surface area contributed by atoms with Crippen molar-refractivity contribution in [1.29, 1.82) is 0 Å². The maximum Gasteiger partial charge on any atom is 0.238 e. The first-order valence-electron chi connectivity index (χ1n) is 3.61. The van der Waals surface area contributed by atoms with Crippen LogP contribution in [0, 0.1) is 0 Å². The quantitative estimate of drug-likeness (QED) is 0.691. The van der Waals surface area contributed by atoms with Crippen LogP contribution >= 0.6 is 0 Å². The Labute approximate surface area is 81.4 Å². The summed E-state index contributed by atoms with van der Waals surface area (Å²) in [5.41, 5.74) is 5.47. The van der Waals surface area contributed by atoms with Crippen molar-refractivity contribution in [3.05, 3.63) is 18.3 Å². The molecule has 1 aromatic rings. The molecule has 0 saturated carbocycles. The molecule has 0 aromatic carbocycles. The summed E-state index contributed by atoms with van der Waals surface area (Å²) in [5.74, 6) is 0.258. The van der Waals surface area contributed by atoms with E-state index in [0.29, 0.717) is 4.31 Å². The third-order valence-corrected chi connectivity index (χ3v) is 2.49. The van der Waals surface area contributed by atoms with Gasteiger partial charge in [-0.05, 0) is 12.1 Å². The average molecular weight is 215 g/mol. The van der Waals surface area contributed by atoms with E-state index in [1.807, 2.05) is 0 Å². The van der Waals surface area contributed by atoms with Gasteiger partial charge in [-0.1, -0.05) is 0 Å². The number of nitrogen functional groups attached to an aromatic ring is 1. The zero-order valence-corrected chi connectivity index (χ0v) is 8.23. The lowest BCUT2D eigenvalue weighted by Crippen LogP contribution is -2.28. The number of hydrogen-bond acceptors (Lipinski definition) is 5. The fourth-order valence-electron chi connectivity index (χ4n) is 0.858. The predicted molar refractivity (Wildman–Crippen MR) is 52.0 cm³/mol. The van der Waals surface area contributed by atoms with E-state index in [0.717, 1.165) is 6.26 Å². The standard InChI is InChI=1S/C7H9N3O3S/c1-14(12,13)10(5-11)6-2-3-7(8)9-4-6/h2-5H,1H3,(H2,8,9). The van der Waals surface area contributed by atoms with Gasteiger partial charge < -0.3 is 5.73 Å². The van der Waals surface area contributed by atoms with Crippen molar-refractivity contribution >= 4 is 27.9 Å². The van der Waals surface area contributed by atoms with Crippen LogP contribution < -0.4 is 10.0 Å². The minimum atomic E-state index is -3.60. The van der Waals surface area contributed by atoms with Crippen LogP contribution in [0.5, 0.6) is 0 Å². The zero-order valence-electron chi connectivity index (χ0n) is 7.41. The van der Waals surface area contributed by atoms with E-state index in [4.69, 9.17) is 5.73 Å². The van der Waals surface area contributed by atoms with Crippen LogP contribution in [0.15, 0.2) is 18.3 Å². The summed E-state index contributed by atoms with van der Waals surface area (Å²) >= 11 is 0. The molecule has 0 radical (unpaired) electrons. The topological polar surface area (TPSA) is 93.4 Å². The summed E-state index contributed by atoms with van der Waals surface area (Å²) in [6, 6.07) is 2.81. The van der Waals surface area contributed by atoms with Crippen molar-refractivity contribution in [3.8, 4) is 0 Å². The second kappa shape index (κ2) is 3.62. The van der Waals surface area contributed by atoms with Gasteiger partial charge in [0.1, 0.15) is 5.82 Å². The molecule has 2 N–H and O–H groups in total. The highest BCUT2D eigenvalue weighted by Crippen LogP contribution is 2.14. The minimum absolute atomic E-state index is 0.164. The van der Waals surface area contributed by atoms with Gasteiger partial charge in [-0.15, -0.1) is 0 Å². The molecule has 0 unspecified atom stereocenters. The number of carbonyl (C=O) groups excluding carboxylic acids is 1. The lowest BCUT2D eigenvalue weighted by atomic mass is 10.4. The summed E-state index contributed by atoms with van der Waals surface area (Å²) in [6.07, 6.45) is 2.35. The Hall–Kier alpha value is -1.63. The smallest absolute Gasteiger partial charge is 0.238 e. The fourth-order valence-corrected chi connectivity index (χ4v) is 1.51. The summed E-state index contributed by atoms with van der Waals surface area (Å²) in [4.78, 5) is 14.2. The molecule has 1 heterocycles. The van der Waals surface area contributed by atoms with Crippen molar-refractivity contribution in [1.82, 2.24) is 4.98 Å². The Kier molecular flexibility index (Phi) is 2.70. The SMILES string of the molecule is CS(=O)(=O)N(C=O)c1ccc(N)nc1. The molecule has 76 valence electrons. The van der Waals surface area contributed by atoms with Crippen molar-refractivity contribution < 1.29 is 13.2 Å². The first-order chi connectivity index (χ1) is 6.45. The normalized spacial score (nSPS) is 10.9. The monoisotopic (exact) mass is 215 g/mol. The number of aromatic nitrogens is 1. The molecule has 14 heavy (non-hydrogen) atoms. The van der Waals surface area contributed by atoms with Crippen LogP contribution in [0.2, 0.25) is 0 Å². The molecule has 1 aromatic heterocycles. The number of amides is 1. The van der Waals surface area contributed by atoms with E-state index in [1.54, 1.807) is 0 Å². The van der Waals surface area contributed by atoms with E-state index in [-0.39, 0.29) is 17.9 Å². The van der Waals surface area contributed by atoms with Crippen molar-refractivity contribution in [2.75, 3.05) is 16.3 Å². The Morgan fingerprint density at radius 1 is 1.50 bits per heavy atom. The first kappa shape index (κ1) is 10.5. The zero-order chi connectivity index (χ0) is 10.8. The largest absolute Gasteiger partial charge is 0.384 e. The molecule has 1 rings (SSSR count). The van der Waals surface area contributed by atoms with E-state index >= 15 is 0 Å². The van der Waals surface area contributed by atoms with Gasteiger partial charge in [0.25, 0.3) is 0 Å². The van der Waals surface area contributed by atoms with Gasteiger partial charge >= 0.3 is 0 Å². The number of hydrogen-bond donors (Lipinski definition) is 1. The number of sulfonamides is 1. The number of nitrogens with two attached hydrogens (primary N) is 1. The molecule has 7 heteroatoms. The number of nitrogens with zero attached hydrogens (tertiary/aromatic N) is 2. The molecule has 0 spiro atoms. The number of carbonyl (C=O) groups is 1. The van der Waals surface area contributed by atoms with Gasteiger partial charge in [0.2, 0.25) is 16.4 Å². The molecule has 0 fully saturated rings. The van der Waals surface area contributed by atoms with Crippen molar-refractivity contribution in [2.45, 2.75) is 0 Å². The van der Waals surface area contributed by atoms with Gasteiger partial charge in [-0.3, -0.25) is 4.79 Å². The molecule has 0 aliphatic carbocycles. The molecule has 0 aliphatic heterocycles. The highest BCUT2D eigenvalue weighted by Gasteiger charge is 2.16. The van der Waals surface area contributed by atoms with Crippen LogP contribution in [0.25, 0.3) is 0 Å². The Bertz CT molecular complexity index is 426. The molecule has 1 amide bonds. The number of pyridine rings is 1. The van der Waals surface area contributed by atoms with E-state index in [2.05, 4.69) is 4.98 Å². The third-order valence-electron chi connectivity index (χ3n) is 1.48. The molecular formula is C7H9N3O3S. The maximum absolute atomic E-state index is 11.1. The minimum Gasteiger partial charge on any atom is -0.384 e. The van der Waals surface area contributed by atoms with Crippen LogP contribution in [-0.2, 0) is 14.8 Å². The lowest BCUT2D eigenvalue weighted by molar-refractivity contribution is -0.106. The number of anilines is 2. The molecule has 0 bridgehead atoms. The van der Waals surface area contributed by atoms with Crippen molar-refractivity contribution in [3.63, 3.8) is 0 Å². The van der Waals surface area contributed by atoms with Crippen molar-refractivity contribution in [2.24, 2.45) is 0 Å². The van der Waals surface area contributed by atoms with E-state index in [9.17, 15) is 13.2 Å². The second-order valence-electron chi connectivity index (χ2n) is 2.61.